The van der Waals surface area contributed by atoms with Crippen molar-refractivity contribution in [3.05, 3.63) is 53.4 Å². The number of carbonyl (C=O) groups excluding carboxylic acids is 1. The molecular weight excluding hydrogens is 342 g/mol. The van der Waals surface area contributed by atoms with Crippen LogP contribution >= 0.6 is 0 Å². The molecule has 1 saturated carbocycles. The molecule has 2 aromatic heterocycles. The molecule has 2 N–H and O–H groups in total. The average Bonchev–Trinajstić information content (AvgIpc) is 3.46. The van der Waals surface area contributed by atoms with Gasteiger partial charge in [-0.2, -0.15) is 0 Å². The smallest absolute Gasteiger partial charge is 0.271 e. The summed E-state index contributed by atoms with van der Waals surface area (Å²) < 4.78 is 0. The van der Waals surface area contributed by atoms with Gasteiger partial charge in [0, 0.05) is 42.5 Å². The first-order valence-corrected chi connectivity index (χ1v) is 9.25. The van der Waals surface area contributed by atoms with E-state index in [1.807, 2.05) is 19.1 Å². The third-order valence-corrected chi connectivity index (χ3v) is 5.36. The van der Waals surface area contributed by atoms with E-state index < -0.39 is 0 Å². The van der Waals surface area contributed by atoms with E-state index in [0.717, 1.165) is 29.8 Å². The van der Waals surface area contributed by atoms with Gasteiger partial charge in [0.25, 0.3) is 5.56 Å². The second-order valence-corrected chi connectivity index (χ2v) is 7.39. The number of hydrogen-bond acceptors (Lipinski definition) is 5. The summed E-state index contributed by atoms with van der Waals surface area (Å²) in [4.78, 5) is 37.1. The maximum absolute atomic E-state index is 12.4. The summed E-state index contributed by atoms with van der Waals surface area (Å²) in [7, 11) is 0. The molecule has 3 heterocycles. The van der Waals surface area contributed by atoms with Crippen molar-refractivity contribution >= 4 is 11.6 Å². The maximum Gasteiger partial charge on any atom is 0.271 e. The minimum atomic E-state index is -0.145. The largest absolute Gasteiger partial charge is 0.377 e. The molecule has 27 heavy (non-hydrogen) atoms. The van der Waals surface area contributed by atoms with Gasteiger partial charge >= 0.3 is 0 Å². The summed E-state index contributed by atoms with van der Waals surface area (Å²) in [6.07, 6.45) is 6.87. The topological polar surface area (TPSA) is 91.0 Å². The molecule has 0 aromatic carbocycles. The lowest BCUT2D eigenvalue weighted by molar-refractivity contribution is -0.132. The molecule has 7 heteroatoms. The molecule has 2 fully saturated rings. The van der Waals surface area contributed by atoms with Crippen LogP contribution in [0.15, 0.2) is 42.1 Å². The Labute approximate surface area is 157 Å². The first kappa shape index (κ1) is 17.5. The third kappa shape index (κ3) is 3.63. The van der Waals surface area contributed by atoms with Crippen LogP contribution in [0.1, 0.15) is 18.5 Å². The van der Waals surface area contributed by atoms with Gasteiger partial charge in [-0.15, -0.1) is 0 Å². The Bertz CT molecular complexity index is 928. The van der Waals surface area contributed by atoms with Crippen LogP contribution in [0, 0.1) is 18.8 Å². The Balaban J connectivity index is 1.54. The highest BCUT2D eigenvalue weighted by molar-refractivity contribution is 5.87. The molecule has 7 nitrogen and oxygen atoms in total. The van der Waals surface area contributed by atoms with E-state index >= 15 is 0 Å². The highest BCUT2D eigenvalue weighted by atomic mass is 16.2. The number of H-pyrrole nitrogens is 1. The van der Waals surface area contributed by atoms with Crippen molar-refractivity contribution in [2.24, 2.45) is 11.8 Å². The summed E-state index contributed by atoms with van der Waals surface area (Å²) in [5, 5.41) is 3.46. The van der Waals surface area contributed by atoms with Crippen molar-refractivity contribution in [1.82, 2.24) is 19.9 Å². The SMILES string of the molecule is C=CC(=O)N1CC(C(Nc2cc(-c3cc(C)ncn3)c[nH]c2=O)C2CC2)C1. The molecule has 1 saturated heterocycles. The zero-order valence-electron chi connectivity index (χ0n) is 15.3. The van der Waals surface area contributed by atoms with Crippen molar-refractivity contribution in [3.8, 4) is 11.3 Å². The predicted molar refractivity (Wildman–Crippen MR) is 103 cm³/mol. The van der Waals surface area contributed by atoms with E-state index in [4.69, 9.17) is 0 Å². The number of hydrogen-bond donors (Lipinski definition) is 2. The fourth-order valence-electron chi connectivity index (χ4n) is 3.66. The molecule has 0 bridgehead atoms. The van der Waals surface area contributed by atoms with Crippen molar-refractivity contribution in [2.45, 2.75) is 25.8 Å². The zero-order valence-corrected chi connectivity index (χ0v) is 15.3. The number of aryl methyl sites for hydroxylation is 1. The van der Waals surface area contributed by atoms with Gasteiger partial charge < -0.3 is 15.2 Å². The number of aromatic nitrogens is 3. The Morgan fingerprint density at radius 3 is 2.78 bits per heavy atom. The summed E-state index contributed by atoms with van der Waals surface area (Å²) >= 11 is 0. The van der Waals surface area contributed by atoms with Gasteiger partial charge in [-0.25, -0.2) is 9.97 Å². The quantitative estimate of drug-likeness (QED) is 0.764. The van der Waals surface area contributed by atoms with Gasteiger partial charge in [-0.1, -0.05) is 6.58 Å². The van der Waals surface area contributed by atoms with Crippen molar-refractivity contribution in [2.75, 3.05) is 18.4 Å². The molecule has 1 unspecified atom stereocenters. The summed E-state index contributed by atoms with van der Waals surface area (Å²) in [6, 6.07) is 3.93. The van der Waals surface area contributed by atoms with Gasteiger partial charge in [0.1, 0.15) is 12.0 Å². The summed E-state index contributed by atoms with van der Waals surface area (Å²) in [5.41, 5.74) is 2.89. The van der Waals surface area contributed by atoms with E-state index in [0.29, 0.717) is 30.6 Å². The van der Waals surface area contributed by atoms with E-state index in [1.54, 1.807) is 11.1 Å². The van der Waals surface area contributed by atoms with Crippen molar-refractivity contribution < 1.29 is 4.79 Å². The fraction of sp³-hybridized carbons (Fsp3) is 0.400. The first-order valence-electron chi connectivity index (χ1n) is 9.25. The van der Waals surface area contributed by atoms with Crippen LogP contribution in [-0.2, 0) is 4.79 Å². The Hall–Kier alpha value is -2.96. The molecule has 0 radical (unpaired) electrons. The van der Waals surface area contributed by atoms with Crippen LogP contribution in [0.2, 0.25) is 0 Å². The van der Waals surface area contributed by atoms with Crippen molar-refractivity contribution in [1.29, 1.82) is 0 Å². The summed E-state index contributed by atoms with van der Waals surface area (Å²) in [5.74, 6) is 0.880. The minimum absolute atomic E-state index is 0.0280. The van der Waals surface area contributed by atoms with Crippen LogP contribution in [0.3, 0.4) is 0 Å². The number of aromatic amines is 1. The van der Waals surface area contributed by atoms with Crippen LogP contribution < -0.4 is 10.9 Å². The van der Waals surface area contributed by atoms with Crippen LogP contribution in [0.4, 0.5) is 5.69 Å². The Kier molecular flexibility index (Phi) is 4.51. The fourth-order valence-corrected chi connectivity index (χ4v) is 3.66. The van der Waals surface area contributed by atoms with E-state index in [-0.39, 0.29) is 17.5 Å². The van der Waals surface area contributed by atoms with Gasteiger partial charge in [-0.05, 0) is 43.9 Å². The number of anilines is 1. The molecule has 2 aromatic rings. The normalized spacial score (nSPS) is 17.9. The second-order valence-electron chi connectivity index (χ2n) is 7.39. The molecule has 1 aliphatic carbocycles. The standard InChI is InChI=1S/C20H23N5O2/c1-3-18(26)25-9-15(10-25)19(13-4-5-13)24-17-7-14(8-21-20(17)27)16-6-12(2)22-11-23-16/h3,6-8,11,13,15,19,24H,1,4-5,9-10H2,2H3,(H,21,27). The monoisotopic (exact) mass is 365 g/mol. The predicted octanol–water partition coefficient (Wildman–Crippen LogP) is 1.98. The number of nitrogens with zero attached hydrogens (tertiary/aromatic N) is 3. The maximum atomic E-state index is 12.4. The molecule has 4 rings (SSSR count). The highest BCUT2D eigenvalue weighted by Crippen LogP contribution is 2.40. The van der Waals surface area contributed by atoms with E-state index in [2.05, 4.69) is 26.8 Å². The van der Waals surface area contributed by atoms with E-state index in [1.165, 1.54) is 12.4 Å². The van der Waals surface area contributed by atoms with Gasteiger partial charge in [0.2, 0.25) is 5.91 Å². The number of likely N-dealkylation sites (tertiary alicyclic amines) is 1. The molecule has 140 valence electrons. The third-order valence-electron chi connectivity index (χ3n) is 5.36. The van der Waals surface area contributed by atoms with Gasteiger partial charge in [-0.3, -0.25) is 9.59 Å². The number of rotatable bonds is 6. The minimum Gasteiger partial charge on any atom is -0.377 e. The number of nitrogens with one attached hydrogen (secondary N) is 2. The lowest BCUT2D eigenvalue weighted by Crippen LogP contribution is -2.56. The highest BCUT2D eigenvalue weighted by Gasteiger charge is 2.43. The first-order chi connectivity index (χ1) is 13.0. The molecular formula is C20H23N5O2. The summed E-state index contributed by atoms with van der Waals surface area (Å²) in [6.45, 7) is 6.87. The number of amides is 1. The Morgan fingerprint density at radius 1 is 1.33 bits per heavy atom. The molecule has 0 spiro atoms. The average molecular weight is 365 g/mol. The van der Waals surface area contributed by atoms with Gasteiger partial charge in [0.15, 0.2) is 0 Å². The Morgan fingerprint density at radius 2 is 2.11 bits per heavy atom. The van der Waals surface area contributed by atoms with Gasteiger partial charge in [0.05, 0.1) is 5.69 Å². The molecule has 1 atom stereocenters. The van der Waals surface area contributed by atoms with Crippen LogP contribution in [0.25, 0.3) is 11.3 Å². The molecule has 2 aliphatic rings. The van der Waals surface area contributed by atoms with Crippen LogP contribution in [0.5, 0.6) is 0 Å². The lowest BCUT2D eigenvalue weighted by Gasteiger charge is -2.43. The van der Waals surface area contributed by atoms with E-state index in [9.17, 15) is 9.59 Å². The van der Waals surface area contributed by atoms with Crippen LogP contribution in [-0.4, -0.2) is 44.9 Å². The number of pyridine rings is 1. The number of carbonyl (C=O) groups is 1. The lowest BCUT2D eigenvalue weighted by atomic mass is 9.88. The van der Waals surface area contributed by atoms with Crippen molar-refractivity contribution in [3.63, 3.8) is 0 Å². The molecule has 1 amide bonds. The molecule has 1 aliphatic heterocycles. The zero-order chi connectivity index (χ0) is 19.0. The second kappa shape index (κ2) is 6.98.